The van der Waals surface area contributed by atoms with Gasteiger partial charge in [0.05, 0.1) is 5.57 Å². The van der Waals surface area contributed by atoms with Crippen LogP contribution in [0.2, 0.25) is 0 Å². The maximum Gasteiger partial charge on any atom is 0.417 e. The van der Waals surface area contributed by atoms with Crippen LogP contribution in [-0.4, -0.2) is 48.5 Å². The van der Waals surface area contributed by atoms with Crippen molar-refractivity contribution >= 4 is 23.6 Å². The number of nitrogens with zero attached hydrogens (tertiary/aromatic N) is 1. The monoisotopic (exact) mass is 479 g/mol. The van der Waals surface area contributed by atoms with Crippen LogP contribution in [0.15, 0.2) is 72.8 Å². The molecule has 2 N–H and O–H groups in total. The van der Waals surface area contributed by atoms with Crippen molar-refractivity contribution in [2.24, 2.45) is 0 Å². The molecule has 0 saturated heterocycles. The Morgan fingerprint density at radius 1 is 0.758 bits per heavy atom. The Morgan fingerprint density at radius 2 is 1.18 bits per heavy atom. The molecule has 0 fully saturated rings. The van der Waals surface area contributed by atoms with Crippen LogP contribution in [0.4, 0.5) is 13.2 Å². The van der Waals surface area contributed by atoms with Crippen molar-refractivity contribution in [1.29, 1.82) is 0 Å². The molecule has 176 valence electrons. The van der Waals surface area contributed by atoms with Crippen LogP contribution >= 0.6 is 12.4 Å². The summed E-state index contributed by atoms with van der Waals surface area (Å²) in [5.41, 5.74) is -0.322. The lowest BCUT2D eigenvalue weighted by molar-refractivity contribution is -0.0685. The molecule has 0 heterocycles. The van der Waals surface area contributed by atoms with Gasteiger partial charge in [-0.15, -0.1) is 12.4 Å². The molecule has 0 aliphatic carbocycles. The molecule has 33 heavy (non-hydrogen) atoms. The topological polar surface area (TPSA) is 52.9 Å². The highest BCUT2D eigenvalue weighted by Crippen LogP contribution is 2.43. The third-order valence-electron chi connectivity index (χ3n) is 4.80. The van der Waals surface area contributed by atoms with Crippen LogP contribution in [0.5, 0.6) is 17.2 Å². The summed E-state index contributed by atoms with van der Waals surface area (Å²) in [5, 5.41) is 19.2. The van der Waals surface area contributed by atoms with Gasteiger partial charge in [-0.05, 0) is 67.2 Å². The molecule has 3 aromatic carbocycles. The molecule has 8 heteroatoms. The van der Waals surface area contributed by atoms with Gasteiger partial charge >= 0.3 is 6.18 Å². The van der Waals surface area contributed by atoms with Crippen molar-refractivity contribution in [3.63, 3.8) is 0 Å². The smallest absolute Gasteiger partial charge is 0.417 e. The molecule has 0 aliphatic heterocycles. The molecule has 0 amide bonds. The summed E-state index contributed by atoms with van der Waals surface area (Å²) in [6.45, 7) is 1.16. The van der Waals surface area contributed by atoms with Crippen LogP contribution in [-0.2, 0) is 0 Å². The molecule has 0 atom stereocenters. The zero-order valence-corrected chi connectivity index (χ0v) is 19.0. The van der Waals surface area contributed by atoms with Gasteiger partial charge in [0.25, 0.3) is 0 Å². The highest BCUT2D eigenvalue weighted by molar-refractivity contribution is 6.00. The molecular formula is C25H25ClF3NO3. The number of alkyl halides is 3. The van der Waals surface area contributed by atoms with Gasteiger partial charge in [0.15, 0.2) is 0 Å². The van der Waals surface area contributed by atoms with Crippen molar-refractivity contribution in [2.45, 2.75) is 6.18 Å². The van der Waals surface area contributed by atoms with Gasteiger partial charge in [0.1, 0.15) is 23.9 Å². The number of hydrogen-bond donors (Lipinski definition) is 2. The van der Waals surface area contributed by atoms with E-state index in [1.54, 1.807) is 24.3 Å². The quantitative estimate of drug-likeness (QED) is 0.409. The van der Waals surface area contributed by atoms with E-state index in [0.717, 1.165) is 0 Å². The Balaban J connectivity index is 0.00000385. The van der Waals surface area contributed by atoms with Crippen LogP contribution in [0, 0.1) is 0 Å². The molecule has 3 aromatic rings. The number of likely N-dealkylation sites (N-methyl/N-ethyl adjacent to an activating group) is 1. The van der Waals surface area contributed by atoms with Gasteiger partial charge in [-0.2, -0.15) is 13.2 Å². The second kappa shape index (κ2) is 11.1. The predicted molar refractivity (Wildman–Crippen MR) is 126 cm³/mol. The molecule has 0 aliphatic rings. The van der Waals surface area contributed by atoms with Gasteiger partial charge in [0, 0.05) is 12.1 Å². The van der Waals surface area contributed by atoms with Gasteiger partial charge in [0.2, 0.25) is 0 Å². The van der Waals surface area contributed by atoms with Gasteiger partial charge in [-0.25, -0.2) is 0 Å². The molecule has 0 spiro atoms. The summed E-state index contributed by atoms with van der Waals surface area (Å²) >= 11 is 0. The number of halogens is 4. The second-order valence-electron chi connectivity index (χ2n) is 7.52. The first-order chi connectivity index (χ1) is 15.1. The van der Waals surface area contributed by atoms with E-state index in [-0.39, 0.29) is 35.0 Å². The zero-order valence-electron chi connectivity index (χ0n) is 18.1. The molecule has 3 rings (SSSR count). The number of hydrogen-bond acceptors (Lipinski definition) is 4. The number of rotatable bonds is 7. The van der Waals surface area contributed by atoms with E-state index in [2.05, 4.69) is 0 Å². The average Bonchev–Trinajstić information content (AvgIpc) is 2.73. The summed E-state index contributed by atoms with van der Waals surface area (Å²) in [4.78, 5) is 1.97. The minimum atomic E-state index is -4.68. The Morgan fingerprint density at radius 3 is 1.61 bits per heavy atom. The van der Waals surface area contributed by atoms with Crippen molar-refractivity contribution in [1.82, 2.24) is 4.90 Å². The fraction of sp³-hybridized carbons (Fsp3) is 0.200. The summed E-state index contributed by atoms with van der Waals surface area (Å²) in [6.07, 6.45) is -4.68. The Bertz CT molecular complexity index is 1060. The van der Waals surface area contributed by atoms with Gasteiger partial charge in [-0.1, -0.05) is 36.4 Å². The van der Waals surface area contributed by atoms with Crippen molar-refractivity contribution < 1.29 is 28.1 Å². The average molecular weight is 480 g/mol. The number of benzene rings is 3. The van der Waals surface area contributed by atoms with E-state index in [1.165, 1.54) is 48.5 Å². The van der Waals surface area contributed by atoms with E-state index in [9.17, 15) is 23.4 Å². The molecule has 0 bridgehead atoms. The second-order valence-corrected chi connectivity index (χ2v) is 7.52. The first-order valence-corrected chi connectivity index (χ1v) is 9.93. The van der Waals surface area contributed by atoms with E-state index in [0.29, 0.717) is 30.0 Å². The SMILES string of the molecule is CN(C)CCOc1ccc(/C(=C(/c2ccc(O)cc2)C(F)(F)F)c2ccc(O)cc2)cc1.Cl. The number of phenolic OH excluding ortho intramolecular Hbond substituents is 2. The fourth-order valence-electron chi connectivity index (χ4n) is 3.23. The lowest BCUT2D eigenvalue weighted by Crippen LogP contribution is -2.19. The van der Waals surface area contributed by atoms with Crippen LogP contribution < -0.4 is 4.74 Å². The maximum atomic E-state index is 14.3. The predicted octanol–water partition coefficient (Wildman–Crippen LogP) is 5.98. The van der Waals surface area contributed by atoms with Gasteiger partial charge in [-0.3, -0.25) is 0 Å². The molecule has 0 unspecified atom stereocenters. The fourth-order valence-corrected chi connectivity index (χ4v) is 3.23. The summed E-state index contributed by atoms with van der Waals surface area (Å²) in [6, 6.07) is 16.9. The van der Waals surface area contributed by atoms with E-state index >= 15 is 0 Å². The largest absolute Gasteiger partial charge is 0.508 e. The number of allylic oxidation sites excluding steroid dienone is 1. The van der Waals surface area contributed by atoms with E-state index in [1.807, 2.05) is 19.0 Å². The highest BCUT2D eigenvalue weighted by atomic mass is 35.5. The van der Waals surface area contributed by atoms with E-state index < -0.39 is 11.7 Å². The van der Waals surface area contributed by atoms with Crippen LogP contribution in [0.3, 0.4) is 0 Å². The number of phenols is 2. The Hall–Kier alpha value is -3.16. The first-order valence-electron chi connectivity index (χ1n) is 9.93. The van der Waals surface area contributed by atoms with Crippen LogP contribution in [0.25, 0.3) is 11.1 Å². The zero-order chi connectivity index (χ0) is 23.3. The van der Waals surface area contributed by atoms with Crippen molar-refractivity contribution in [3.05, 3.63) is 89.5 Å². The lowest BCUT2D eigenvalue weighted by Gasteiger charge is -2.20. The van der Waals surface area contributed by atoms with E-state index in [4.69, 9.17) is 4.74 Å². The summed E-state index contributed by atoms with van der Waals surface area (Å²) < 4.78 is 48.6. The molecule has 0 radical (unpaired) electrons. The lowest BCUT2D eigenvalue weighted by atomic mass is 9.89. The Kier molecular flexibility index (Phi) is 8.79. The van der Waals surface area contributed by atoms with Crippen molar-refractivity contribution in [3.8, 4) is 17.2 Å². The molecular weight excluding hydrogens is 455 g/mol. The highest BCUT2D eigenvalue weighted by Gasteiger charge is 2.38. The molecule has 4 nitrogen and oxygen atoms in total. The Labute approximate surface area is 197 Å². The summed E-state index contributed by atoms with van der Waals surface area (Å²) in [7, 11) is 3.84. The molecule has 0 saturated carbocycles. The first kappa shape index (κ1) is 26.1. The summed E-state index contributed by atoms with van der Waals surface area (Å²) in [5.74, 6) is 0.385. The third kappa shape index (κ3) is 6.91. The maximum absolute atomic E-state index is 14.3. The van der Waals surface area contributed by atoms with Gasteiger partial charge < -0.3 is 19.8 Å². The standard InChI is InChI=1S/C25H24F3NO3.ClH/c1-29(2)15-16-32-22-13-7-18(8-14-22)23(17-3-9-20(30)10-4-17)24(25(26,27)28)19-5-11-21(31)12-6-19;/h3-14,30-31H,15-16H2,1-2H3;1H/b24-23-;. The normalized spacial score (nSPS) is 12.2. The third-order valence-corrected chi connectivity index (χ3v) is 4.80. The minimum Gasteiger partial charge on any atom is -0.508 e. The van der Waals surface area contributed by atoms with Crippen LogP contribution in [0.1, 0.15) is 16.7 Å². The molecule has 0 aromatic heterocycles. The number of aromatic hydroxyl groups is 2. The number of ether oxygens (including phenoxy) is 1. The minimum absolute atomic E-state index is 0. The van der Waals surface area contributed by atoms with Crippen molar-refractivity contribution in [2.75, 3.05) is 27.2 Å².